The number of carbonyl (C=O) groups is 2. The first-order valence-electron chi connectivity index (χ1n) is 15.0. The number of nitrogens with two attached hydrogens (primary N) is 1. The first-order chi connectivity index (χ1) is 20.7. The summed E-state index contributed by atoms with van der Waals surface area (Å²) >= 11 is 1.47. The lowest BCUT2D eigenvalue weighted by Crippen LogP contribution is -2.44. The number of rotatable bonds is 14. The molecule has 0 spiro atoms. The van der Waals surface area contributed by atoms with Gasteiger partial charge in [0.2, 0.25) is 5.91 Å². The summed E-state index contributed by atoms with van der Waals surface area (Å²) in [5, 5.41) is 0. The SMILES string of the molecule is CC(C)(C)OC(=O)CCCCN(C(=O)CSCCN)C(c1nc(-c2cc(F)ccc2F)cn1Cc1ccccc1)C(C)(C)C. The van der Waals surface area contributed by atoms with E-state index in [-0.39, 0.29) is 35.3 Å². The van der Waals surface area contributed by atoms with Crippen LogP contribution in [-0.4, -0.2) is 56.5 Å². The maximum absolute atomic E-state index is 15.0. The highest BCUT2D eigenvalue weighted by atomic mass is 32.2. The van der Waals surface area contributed by atoms with Crippen molar-refractivity contribution < 1.29 is 23.1 Å². The van der Waals surface area contributed by atoms with Crippen LogP contribution >= 0.6 is 11.8 Å². The number of nitrogens with zero attached hydrogens (tertiary/aromatic N) is 3. The van der Waals surface area contributed by atoms with E-state index in [9.17, 15) is 18.4 Å². The Hall–Kier alpha value is -3.24. The maximum Gasteiger partial charge on any atom is 0.306 e. The van der Waals surface area contributed by atoms with Crippen LogP contribution in [0.1, 0.15) is 78.2 Å². The van der Waals surface area contributed by atoms with Gasteiger partial charge in [-0.3, -0.25) is 9.59 Å². The average molecular weight is 629 g/mol. The molecule has 1 aromatic heterocycles. The molecule has 2 aromatic carbocycles. The van der Waals surface area contributed by atoms with E-state index in [0.29, 0.717) is 44.1 Å². The molecule has 44 heavy (non-hydrogen) atoms. The number of ether oxygens (including phenoxy) is 1. The van der Waals surface area contributed by atoms with Crippen LogP contribution in [0.5, 0.6) is 0 Å². The summed E-state index contributed by atoms with van der Waals surface area (Å²) in [4.78, 5) is 32.9. The molecule has 0 aliphatic heterocycles. The number of carbonyl (C=O) groups excluding carboxylic acids is 2. The quantitative estimate of drug-likeness (QED) is 0.153. The standard InChI is InChI=1S/C34H46F2N4O3S/c1-33(2,3)31(40(29(41)23-44-19-17-37)18-11-10-14-30(42)43-34(4,5)6)32-38-28(26-20-25(35)15-16-27(26)36)22-39(32)21-24-12-8-7-9-13-24/h7-9,12-13,15-16,20,22,31H,10-11,14,17-19,21,23,37H2,1-6H3. The van der Waals surface area contributed by atoms with E-state index in [1.807, 2.05) is 81.3 Å². The van der Waals surface area contributed by atoms with Gasteiger partial charge in [-0.15, -0.1) is 0 Å². The first-order valence-corrected chi connectivity index (χ1v) is 16.2. The molecule has 0 fully saturated rings. The third kappa shape index (κ3) is 10.4. The summed E-state index contributed by atoms with van der Waals surface area (Å²) in [7, 11) is 0. The number of hydrogen-bond acceptors (Lipinski definition) is 6. The van der Waals surface area contributed by atoms with Crippen molar-refractivity contribution >= 4 is 23.6 Å². The van der Waals surface area contributed by atoms with E-state index in [2.05, 4.69) is 0 Å². The molecule has 1 unspecified atom stereocenters. The Balaban J connectivity index is 2.05. The molecule has 1 amide bonds. The van der Waals surface area contributed by atoms with E-state index in [1.54, 1.807) is 6.20 Å². The number of hydrogen-bond donors (Lipinski definition) is 1. The number of amides is 1. The van der Waals surface area contributed by atoms with Gasteiger partial charge in [0.25, 0.3) is 0 Å². The van der Waals surface area contributed by atoms with Crippen molar-refractivity contribution in [1.82, 2.24) is 14.5 Å². The second-order valence-electron chi connectivity index (χ2n) is 13.0. The van der Waals surface area contributed by atoms with Gasteiger partial charge >= 0.3 is 5.97 Å². The predicted octanol–water partition coefficient (Wildman–Crippen LogP) is 7.00. The highest BCUT2D eigenvalue weighted by Crippen LogP contribution is 2.40. The van der Waals surface area contributed by atoms with E-state index in [1.165, 1.54) is 11.8 Å². The fraction of sp³-hybridized carbons (Fsp3) is 0.500. The number of imidazole rings is 1. The van der Waals surface area contributed by atoms with Crippen molar-refractivity contribution in [3.8, 4) is 11.3 Å². The lowest BCUT2D eigenvalue weighted by molar-refractivity contribution is -0.154. The Labute approximate surface area is 264 Å². The summed E-state index contributed by atoms with van der Waals surface area (Å²) in [6, 6.07) is 12.6. The first kappa shape index (κ1) is 35.2. The zero-order valence-corrected chi connectivity index (χ0v) is 27.6. The van der Waals surface area contributed by atoms with Gasteiger partial charge in [0.05, 0.1) is 17.5 Å². The number of benzene rings is 2. The Morgan fingerprint density at radius 2 is 1.75 bits per heavy atom. The zero-order valence-electron chi connectivity index (χ0n) is 26.7. The number of halogens is 2. The van der Waals surface area contributed by atoms with Crippen LogP contribution < -0.4 is 5.73 Å². The molecule has 0 radical (unpaired) electrons. The minimum Gasteiger partial charge on any atom is -0.460 e. The average Bonchev–Trinajstić information content (AvgIpc) is 3.33. The van der Waals surface area contributed by atoms with Crippen LogP contribution in [-0.2, 0) is 20.9 Å². The summed E-state index contributed by atoms with van der Waals surface area (Å²) < 4.78 is 36.6. The van der Waals surface area contributed by atoms with Crippen molar-refractivity contribution in [2.75, 3.05) is 24.6 Å². The third-order valence-corrected chi connectivity index (χ3v) is 7.82. The molecule has 1 atom stereocenters. The van der Waals surface area contributed by atoms with Gasteiger partial charge in [-0.05, 0) is 62.8 Å². The Bertz CT molecular complexity index is 1380. The lowest BCUT2D eigenvalue weighted by Gasteiger charge is -2.40. The molecule has 0 saturated carbocycles. The molecule has 1 heterocycles. The maximum atomic E-state index is 15.0. The van der Waals surface area contributed by atoms with Crippen molar-refractivity contribution in [1.29, 1.82) is 0 Å². The Morgan fingerprint density at radius 3 is 2.39 bits per heavy atom. The Morgan fingerprint density at radius 1 is 1.05 bits per heavy atom. The molecule has 0 aliphatic carbocycles. The predicted molar refractivity (Wildman–Crippen MR) is 173 cm³/mol. The van der Waals surface area contributed by atoms with Crippen molar-refractivity contribution in [3.05, 3.63) is 77.8 Å². The van der Waals surface area contributed by atoms with Crippen LogP contribution in [0, 0.1) is 17.0 Å². The summed E-state index contributed by atoms with van der Waals surface area (Å²) in [6.07, 6.45) is 3.09. The van der Waals surface area contributed by atoms with Crippen LogP contribution in [0.15, 0.2) is 54.7 Å². The molecule has 10 heteroatoms. The van der Waals surface area contributed by atoms with Gasteiger partial charge < -0.3 is 19.9 Å². The van der Waals surface area contributed by atoms with Gasteiger partial charge in [-0.1, -0.05) is 51.1 Å². The molecule has 3 aromatic rings. The smallest absolute Gasteiger partial charge is 0.306 e. The lowest BCUT2D eigenvalue weighted by atomic mass is 9.84. The molecular formula is C34H46F2N4O3S. The fourth-order valence-corrected chi connectivity index (χ4v) is 5.69. The van der Waals surface area contributed by atoms with Crippen LogP contribution in [0.2, 0.25) is 0 Å². The second kappa shape index (κ2) is 15.7. The highest BCUT2D eigenvalue weighted by molar-refractivity contribution is 7.99. The summed E-state index contributed by atoms with van der Waals surface area (Å²) in [5.41, 5.74) is 5.98. The Kier molecular flexibility index (Phi) is 12.5. The molecule has 2 N–H and O–H groups in total. The molecular weight excluding hydrogens is 582 g/mol. The highest BCUT2D eigenvalue weighted by Gasteiger charge is 2.38. The minimum absolute atomic E-state index is 0.0551. The summed E-state index contributed by atoms with van der Waals surface area (Å²) in [5.74, 6) is -0.0429. The number of thioether (sulfide) groups is 1. The van der Waals surface area contributed by atoms with Gasteiger partial charge in [-0.25, -0.2) is 13.8 Å². The number of esters is 1. The molecule has 240 valence electrons. The van der Waals surface area contributed by atoms with Gasteiger partial charge in [0.1, 0.15) is 23.1 Å². The topological polar surface area (TPSA) is 90.4 Å². The van der Waals surface area contributed by atoms with Crippen LogP contribution in [0.25, 0.3) is 11.3 Å². The largest absolute Gasteiger partial charge is 0.460 e. The monoisotopic (exact) mass is 628 g/mol. The molecule has 7 nitrogen and oxygen atoms in total. The van der Waals surface area contributed by atoms with Crippen molar-refractivity contribution in [3.63, 3.8) is 0 Å². The van der Waals surface area contributed by atoms with Crippen LogP contribution in [0.4, 0.5) is 8.78 Å². The van der Waals surface area contributed by atoms with E-state index in [0.717, 1.165) is 23.8 Å². The van der Waals surface area contributed by atoms with Gasteiger partial charge in [-0.2, -0.15) is 11.8 Å². The van der Waals surface area contributed by atoms with E-state index in [4.69, 9.17) is 15.5 Å². The minimum atomic E-state index is -0.581. The van der Waals surface area contributed by atoms with Gasteiger partial charge in [0, 0.05) is 43.6 Å². The number of unbranched alkanes of at least 4 members (excludes halogenated alkanes) is 1. The van der Waals surface area contributed by atoms with Gasteiger partial charge in [0.15, 0.2) is 0 Å². The van der Waals surface area contributed by atoms with Crippen molar-refractivity contribution in [2.45, 2.75) is 79.0 Å². The van der Waals surface area contributed by atoms with Crippen LogP contribution in [0.3, 0.4) is 0 Å². The van der Waals surface area contributed by atoms with E-state index < -0.39 is 28.7 Å². The van der Waals surface area contributed by atoms with Crippen molar-refractivity contribution in [2.24, 2.45) is 11.1 Å². The third-order valence-electron chi connectivity index (χ3n) is 6.84. The molecule has 0 aliphatic rings. The molecule has 3 rings (SSSR count). The zero-order chi connectivity index (χ0) is 32.5. The van der Waals surface area contributed by atoms with E-state index >= 15 is 0 Å². The second-order valence-corrected chi connectivity index (χ2v) is 14.1. The normalized spacial score (nSPS) is 12.7. The molecule has 0 saturated heterocycles. The molecule has 0 bridgehead atoms. The fourth-order valence-electron chi connectivity index (χ4n) is 5.04. The number of aromatic nitrogens is 2. The summed E-state index contributed by atoms with van der Waals surface area (Å²) in [6.45, 7) is 12.9.